The highest BCUT2D eigenvalue weighted by Crippen LogP contribution is 2.31. The number of rotatable bonds is 2. The highest BCUT2D eigenvalue weighted by Gasteiger charge is 2.19. The highest BCUT2D eigenvalue weighted by molar-refractivity contribution is 6.09. The van der Waals surface area contributed by atoms with Crippen LogP contribution in [0.1, 0.15) is 15.9 Å². The Labute approximate surface area is 114 Å². The molecule has 2 aromatic carbocycles. The number of carboxylic acids is 1. The van der Waals surface area contributed by atoms with Crippen molar-refractivity contribution < 1.29 is 14.3 Å². The predicted octanol–water partition coefficient (Wildman–Crippen LogP) is 3.98. The maximum absolute atomic E-state index is 13.4. The SMILES string of the molecule is Cc1cc(-c2[nH]c3ccccc3c2C(=O)O)ccc1F. The summed E-state index contributed by atoms with van der Waals surface area (Å²) in [5.41, 5.74) is 2.62. The summed E-state index contributed by atoms with van der Waals surface area (Å²) in [7, 11) is 0. The minimum Gasteiger partial charge on any atom is -0.478 e. The van der Waals surface area contributed by atoms with E-state index in [4.69, 9.17) is 0 Å². The van der Waals surface area contributed by atoms with Gasteiger partial charge in [0.05, 0.1) is 11.3 Å². The van der Waals surface area contributed by atoms with Crippen molar-refractivity contribution in [2.45, 2.75) is 6.92 Å². The average Bonchev–Trinajstić information content (AvgIpc) is 2.81. The van der Waals surface area contributed by atoms with Crippen LogP contribution in [0.3, 0.4) is 0 Å². The number of fused-ring (bicyclic) bond motifs is 1. The van der Waals surface area contributed by atoms with Crippen molar-refractivity contribution in [2.24, 2.45) is 0 Å². The molecule has 0 radical (unpaired) electrons. The number of para-hydroxylation sites is 1. The van der Waals surface area contributed by atoms with E-state index < -0.39 is 5.97 Å². The van der Waals surface area contributed by atoms with Crippen LogP contribution in [0, 0.1) is 12.7 Å². The molecule has 4 heteroatoms. The molecule has 0 atom stereocenters. The molecule has 3 rings (SSSR count). The first-order chi connectivity index (χ1) is 9.58. The van der Waals surface area contributed by atoms with Gasteiger partial charge in [-0.25, -0.2) is 9.18 Å². The van der Waals surface area contributed by atoms with Crippen LogP contribution in [0.5, 0.6) is 0 Å². The Balaban J connectivity index is 2.32. The van der Waals surface area contributed by atoms with Gasteiger partial charge in [0.25, 0.3) is 0 Å². The van der Waals surface area contributed by atoms with Gasteiger partial charge in [-0.05, 0) is 42.3 Å². The van der Waals surface area contributed by atoms with E-state index in [9.17, 15) is 14.3 Å². The molecule has 100 valence electrons. The summed E-state index contributed by atoms with van der Waals surface area (Å²) in [6, 6.07) is 11.8. The Morgan fingerprint density at radius 2 is 1.95 bits per heavy atom. The molecule has 0 amide bonds. The number of benzene rings is 2. The molecule has 0 aliphatic heterocycles. The molecule has 0 unspecified atom stereocenters. The van der Waals surface area contributed by atoms with Crippen molar-refractivity contribution in [3.05, 3.63) is 59.4 Å². The number of carbonyl (C=O) groups is 1. The van der Waals surface area contributed by atoms with E-state index in [-0.39, 0.29) is 11.4 Å². The number of halogens is 1. The molecule has 1 aromatic heterocycles. The first kappa shape index (κ1) is 12.4. The molecule has 0 saturated carbocycles. The number of nitrogens with one attached hydrogen (secondary N) is 1. The Morgan fingerprint density at radius 1 is 1.20 bits per heavy atom. The van der Waals surface area contributed by atoms with Gasteiger partial charge in [-0.2, -0.15) is 0 Å². The molecule has 20 heavy (non-hydrogen) atoms. The van der Waals surface area contributed by atoms with Crippen molar-refractivity contribution in [2.75, 3.05) is 0 Å². The summed E-state index contributed by atoms with van der Waals surface area (Å²) in [6.07, 6.45) is 0. The average molecular weight is 269 g/mol. The summed E-state index contributed by atoms with van der Waals surface area (Å²) in [5.74, 6) is -1.30. The van der Waals surface area contributed by atoms with Crippen molar-refractivity contribution >= 4 is 16.9 Å². The van der Waals surface area contributed by atoms with Crippen LogP contribution in [0.15, 0.2) is 42.5 Å². The minimum atomic E-state index is -1.00. The van der Waals surface area contributed by atoms with E-state index in [2.05, 4.69) is 4.98 Å². The van der Waals surface area contributed by atoms with Gasteiger partial charge in [0, 0.05) is 10.9 Å². The van der Waals surface area contributed by atoms with Gasteiger partial charge < -0.3 is 10.1 Å². The van der Waals surface area contributed by atoms with Crippen LogP contribution in [-0.4, -0.2) is 16.1 Å². The lowest BCUT2D eigenvalue weighted by Crippen LogP contribution is -1.98. The third kappa shape index (κ3) is 1.86. The molecular formula is C16H12FNO2. The zero-order valence-corrected chi connectivity index (χ0v) is 10.8. The van der Waals surface area contributed by atoms with E-state index in [1.807, 2.05) is 12.1 Å². The van der Waals surface area contributed by atoms with Gasteiger partial charge in [0.1, 0.15) is 5.82 Å². The summed E-state index contributed by atoms with van der Waals surface area (Å²) in [5, 5.41) is 10.1. The summed E-state index contributed by atoms with van der Waals surface area (Å²) in [6.45, 7) is 1.65. The lowest BCUT2D eigenvalue weighted by Gasteiger charge is -2.03. The lowest BCUT2D eigenvalue weighted by atomic mass is 10.0. The topological polar surface area (TPSA) is 53.1 Å². The Morgan fingerprint density at radius 3 is 2.65 bits per heavy atom. The van der Waals surface area contributed by atoms with Crippen LogP contribution < -0.4 is 0 Å². The molecule has 0 bridgehead atoms. The van der Waals surface area contributed by atoms with Crippen molar-refractivity contribution in [3.8, 4) is 11.3 Å². The maximum atomic E-state index is 13.4. The first-order valence-electron chi connectivity index (χ1n) is 6.18. The quantitative estimate of drug-likeness (QED) is 0.739. The monoisotopic (exact) mass is 269 g/mol. The Bertz CT molecular complexity index is 820. The number of aromatic carboxylic acids is 1. The van der Waals surface area contributed by atoms with Crippen molar-refractivity contribution in [1.82, 2.24) is 4.98 Å². The predicted molar refractivity (Wildman–Crippen MR) is 75.4 cm³/mol. The number of hydrogen-bond acceptors (Lipinski definition) is 1. The molecule has 0 fully saturated rings. The van der Waals surface area contributed by atoms with Gasteiger partial charge in [0.2, 0.25) is 0 Å². The van der Waals surface area contributed by atoms with E-state index >= 15 is 0 Å². The van der Waals surface area contributed by atoms with E-state index in [0.717, 1.165) is 5.52 Å². The molecule has 0 aliphatic rings. The van der Waals surface area contributed by atoms with Crippen molar-refractivity contribution in [3.63, 3.8) is 0 Å². The minimum absolute atomic E-state index is 0.214. The molecule has 0 aliphatic carbocycles. The van der Waals surface area contributed by atoms with Gasteiger partial charge in [-0.1, -0.05) is 18.2 Å². The lowest BCUT2D eigenvalue weighted by molar-refractivity contribution is 0.0700. The van der Waals surface area contributed by atoms with Gasteiger partial charge in [0.15, 0.2) is 0 Å². The van der Waals surface area contributed by atoms with Crippen LogP contribution in [0.4, 0.5) is 4.39 Å². The second kappa shape index (κ2) is 4.49. The van der Waals surface area contributed by atoms with E-state index in [1.54, 1.807) is 31.2 Å². The fourth-order valence-electron chi connectivity index (χ4n) is 2.38. The summed E-state index contributed by atoms with van der Waals surface area (Å²) < 4.78 is 13.4. The molecule has 3 aromatic rings. The van der Waals surface area contributed by atoms with E-state index in [1.165, 1.54) is 6.07 Å². The van der Waals surface area contributed by atoms with Crippen LogP contribution >= 0.6 is 0 Å². The van der Waals surface area contributed by atoms with Gasteiger partial charge in [-0.15, -0.1) is 0 Å². The zero-order chi connectivity index (χ0) is 14.3. The van der Waals surface area contributed by atoms with Gasteiger partial charge in [-0.3, -0.25) is 0 Å². The molecule has 0 spiro atoms. The number of carboxylic acid groups (broad SMARTS) is 1. The summed E-state index contributed by atoms with van der Waals surface area (Å²) >= 11 is 0. The third-order valence-electron chi connectivity index (χ3n) is 3.37. The van der Waals surface area contributed by atoms with Crippen LogP contribution in [-0.2, 0) is 0 Å². The number of H-pyrrole nitrogens is 1. The third-order valence-corrected chi connectivity index (χ3v) is 3.37. The van der Waals surface area contributed by atoms with Crippen LogP contribution in [0.2, 0.25) is 0 Å². The Kier molecular flexibility index (Phi) is 2.79. The fourth-order valence-corrected chi connectivity index (χ4v) is 2.38. The smallest absolute Gasteiger partial charge is 0.338 e. The molecule has 3 nitrogen and oxygen atoms in total. The maximum Gasteiger partial charge on any atom is 0.338 e. The normalized spacial score (nSPS) is 10.9. The number of aryl methyl sites for hydroxylation is 1. The molecule has 0 saturated heterocycles. The largest absolute Gasteiger partial charge is 0.478 e. The summed E-state index contributed by atoms with van der Waals surface area (Å²) in [4.78, 5) is 14.6. The van der Waals surface area contributed by atoms with Crippen molar-refractivity contribution in [1.29, 1.82) is 0 Å². The Hall–Kier alpha value is -2.62. The standard InChI is InChI=1S/C16H12FNO2/c1-9-8-10(6-7-12(9)17)15-14(16(19)20)11-4-2-3-5-13(11)18-15/h2-8,18H,1H3,(H,19,20). The number of aromatic amines is 1. The highest BCUT2D eigenvalue weighted by atomic mass is 19.1. The second-order valence-electron chi connectivity index (χ2n) is 4.69. The fraction of sp³-hybridized carbons (Fsp3) is 0.0625. The number of aromatic nitrogens is 1. The molecular weight excluding hydrogens is 257 g/mol. The number of hydrogen-bond donors (Lipinski definition) is 2. The second-order valence-corrected chi connectivity index (χ2v) is 4.69. The van der Waals surface area contributed by atoms with E-state index in [0.29, 0.717) is 22.2 Å². The van der Waals surface area contributed by atoms with Crippen LogP contribution in [0.25, 0.3) is 22.2 Å². The first-order valence-corrected chi connectivity index (χ1v) is 6.18. The van der Waals surface area contributed by atoms with Gasteiger partial charge >= 0.3 is 5.97 Å². The molecule has 2 N–H and O–H groups in total. The molecule has 1 heterocycles. The zero-order valence-electron chi connectivity index (χ0n) is 10.8.